The molecule has 1 amide bonds. The van der Waals surface area contributed by atoms with Gasteiger partial charge < -0.3 is 14.8 Å². The maximum absolute atomic E-state index is 11.4. The van der Waals surface area contributed by atoms with Crippen molar-refractivity contribution in [3.63, 3.8) is 0 Å². The van der Waals surface area contributed by atoms with Crippen LogP contribution in [0.25, 0.3) is 0 Å². The van der Waals surface area contributed by atoms with Gasteiger partial charge in [-0.15, -0.1) is 0 Å². The van der Waals surface area contributed by atoms with Crippen molar-refractivity contribution in [3.8, 4) is 0 Å². The van der Waals surface area contributed by atoms with Gasteiger partial charge in [0.1, 0.15) is 6.10 Å². The third-order valence-electron chi connectivity index (χ3n) is 3.06. The molecular formula is C10H18N2O3. The second kappa shape index (κ2) is 4.92. The molecule has 2 fully saturated rings. The van der Waals surface area contributed by atoms with Crippen LogP contribution in [0.1, 0.15) is 6.42 Å². The maximum Gasteiger partial charge on any atom is 0.250 e. The van der Waals surface area contributed by atoms with Gasteiger partial charge in [0.2, 0.25) is 5.91 Å². The number of amides is 1. The van der Waals surface area contributed by atoms with Crippen molar-refractivity contribution in [2.24, 2.45) is 0 Å². The molecule has 2 aliphatic rings. The van der Waals surface area contributed by atoms with E-state index >= 15 is 0 Å². The van der Waals surface area contributed by atoms with Crippen LogP contribution in [0.5, 0.6) is 0 Å². The first-order valence-electron chi connectivity index (χ1n) is 5.46. The Kier molecular flexibility index (Phi) is 3.56. The fraction of sp³-hybridized carbons (Fsp3) is 0.900. The molecule has 0 aliphatic carbocycles. The molecule has 0 aromatic heterocycles. The van der Waals surface area contributed by atoms with Gasteiger partial charge in [-0.05, 0) is 6.42 Å². The third-order valence-corrected chi connectivity index (χ3v) is 3.06. The Bertz CT molecular complexity index is 229. The van der Waals surface area contributed by atoms with E-state index in [0.717, 1.165) is 26.2 Å². The second-order valence-electron chi connectivity index (χ2n) is 3.99. The van der Waals surface area contributed by atoms with Gasteiger partial charge in [-0.2, -0.15) is 0 Å². The number of nitrogens with zero attached hydrogens (tertiary/aromatic N) is 1. The average Bonchev–Trinajstić information content (AvgIpc) is 2.82. The molecule has 0 radical (unpaired) electrons. The molecule has 2 unspecified atom stereocenters. The zero-order valence-electron chi connectivity index (χ0n) is 9.07. The molecule has 1 N–H and O–H groups in total. The number of carbonyl (C=O) groups excluding carboxylic acids is 1. The molecule has 0 aromatic rings. The van der Waals surface area contributed by atoms with Crippen molar-refractivity contribution in [2.45, 2.75) is 18.6 Å². The van der Waals surface area contributed by atoms with Gasteiger partial charge in [0.25, 0.3) is 0 Å². The average molecular weight is 214 g/mol. The number of nitrogens with one attached hydrogen (secondary N) is 1. The first kappa shape index (κ1) is 10.9. The summed E-state index contributed by atoms with van der Waals surface area (Å²) in [4.78, 5) is 13.7. The van der Waals surface area contributed by atoms with Crippen LogP contribution < -0.4 is 5.32 Å². The maximum atomic E-state index is 11.4. The molecule has 15 heavy (non-hydrogen) atoms. The Morgan fingerprint density at radius 1 is 1.47 bits per heavy atom. The Morgan fingerprint density at radius 2 is 2.33 bits per heavy atom. The molecule has 0 saturated carbocycles. The summed E-state index contributed by atoms with van der Waals surface area (Å²) < 4.78 is 10.8. The number of likely N-dealkylation sites (N-methyl/N-ethyl adjacent to an activating group) is 1. The molecule has 0 spiro atoms. The van der Waals surface area contributed by atoms with Gasteiger partial charge in [-0.1, -0.05) is 0 Å². The SMILES string of the molecule is CNC(=O)C1CN(C2CCOC2)CCO1. The summed E-state index contributed by atoms with van der Waals surface area (Å²) in [5.74, 6) is -0.0291. The first-order chi connectivity index (χ1) is 7.31. The van der Waals surface area contributed by atoms with Gasteiger partial charge >= 0.3 is 0 Å². The zero-order chi connectivity index (χ0) is 10.7. The Balaban J connectivity index is 1.88. The zero-order valence-corrected chi connectivity index (χ0v) is 9.07. The Labute approximate surface area is 89.7 Å². The van der Waals surface area contributed by atoms with E-state index in [4.69, 9.17) is 9.47 Å². The van der Waals surface area contributed by atoms with E-state index in [2.05, 4.69) is 10.2 Å². The standard InChI is InChI=1S/C10H18N2O3/c1-11-10(13)9-6-12(3-5-15-9)8-2-4-14-7-8/h8-9H,2-7H2,1H3,(H,11,13). The van der Waals surface area contributed by atoms with Crippen LogP contribution in [-0.4, -0.2) is 62.9 Å². The lowest BCUT2D eigenvalue weighted by molar-refractivity contribution is -0.139. The molecule has 2 atom stereocenters. The van der Waals surface area contributed by atoms with Crippen LogP contribution >= 0.6 is 0 Å². The van der Waals surface area contributed by atoms with Crippen molar-refractivity contribution in [2.75, 3.05) is 40.0 Å². The van der Waals surface area contributed by atoms with Crippen molar-refractivity contribution in [3.05, 3.63) is 0 Å². The van der Waals surface area contributed by atoms with Gasteiger partial charge in [0.05, 0.1) is 13.2 Å². The highest BCUT2D eigenvalue weighted by molar-refractivity contribution is 5.80. The van der Waals surface area contributed by atoms with Gasteiger partial charge in [-0.3, -0.25) is 9.69 Å². The summed E-state index contributed by atoms with van der Waals surface area (Å²) in [5.41, 5.74) is 0. The molecular weight excluding hydrogens is 196 g/mol. The second-order valence-corrected chi connectivity index (χ2v) is 3.99. The highest BCUT2D eigenvalue weighted by Crippen LogP contribution is 2.16. The number of rotatable bonds is 2. The van der Waals surface area contributed by atoms with Crippen molar-refractivity contribution in [1.82, 2.24) is 10.2 Å². The minimum Gasteiger partial charge on any atom is -0.380 e. The first-order valence-corrected chi connectivity index (χ1v) is 5.46. The number of hydrogen-bond acceptors (Lipinski definition) is 4. The molecule has 2 aliphatic heterocycles. The van der Waals surface area contributed by atoms with Gasteiger partial charge in [0.15, 0.2) is 0 Å². The summed E-state index contributed by atoms with van der Waals surface area (Å²) in [6.07, 6.45) is 0.754. The normalized spacial score (nSPS) is 32.9. The highest BCUT2D eigenvalue weighted by atomic mass is 16.5. The summed E-state index contributed by atoms with van der Waals surface area (Å²) in [6.45, 7) is 3.86. The Morgan fingerprint density at radius 3 is 3.00 bits per heavy atom. The number of morpholine rings is 1. The number of carbonyl (C=O) groups is 1. The lowest BCUT2D eigenvalue weighted by atomic mass is 10.1. The highest BCUT2D eigenvalue weighted by Gasteiger charge is 2.31. The minimum atomic E-state index is -0.315. The summed E-state index contributed by atoms with van der Waals surface area (Å²) >= 11 is 0. The topological polar surface area (TPSA) is 50.8 Å². The largest absolute Gasteiger partial charge is 0.380 e. The fourth-order valence-corrected chi connectivity index (χ4v) is 2.13. The summed E-state index contributed by atoms with van der Waals surface area (Å²) in [5, 5.41) is 2.62. The molecule has 2 heterocycles. The van der Waals surface area contributed by atoms with E-state index in [0.29, 0.717) is 19.2 Å². The molecule has 5 heteroatoms. The summed E-state index contributed by atoms with van der Waals surface area (Å²) in [6, 6.07) is 0.473. The summed E-state index contributed by atoms with van der Waals surface area (Å²) in [7, 11) is 1.64. The van der Waals surface area contributed by atoms with Crippen molar-refractivity contribution < 1.29 is 14.3 Å². The van der Waals surface area contributed by atoms with Crippen LogP contribution in [-0.2, 0) is 14.3 Å². The van der Waals surface area contributed by atoms with E-state index in [9.17, 15) is 4.79 Å². The van der Waals surface area contributed by atoms with E-state index in [-0.39, 0.29) is 12.0 Å². The monoisotopic (exact) mass is 214 g/mol. The van der Waals surface area contributed by atoms with E-state index in [1.54, 1.807) is 7.05 Å². The lowest BCUT2D eigenvalue weighted by Crippen LogP contribution is -2.52. The van der Waals surface area contributed by atoms with Crippen molar-refractivity contribution in [1.29, 1.82) is 0 Å². The number of ether oxygens (including phenoxy) is 2. The minimum absolute atomic E-state index is 0.0291. The molecule has 2 rings (SSSR count). The van der Waals surface area contributed by atoms with Crippen LogP contribution in [0, 0.1) is 0 Å². The molecule has 5 nitrogen and oxygen atoms in total. The van der Waals surface area contributed by atoms with Crippen LogP contribution in [0.4, 0.5) is 0 Å². The lowest BCUT2D eigenvalue weighted by Gasteiger charge is -2.35. The van der Waals surface area contributed by atoms with Crippen LogP contribution in [0.3, 0.4) is 0 Å². The van der Waals surface area contributed by atoms with Crippen LogP contribution in [0.15, 0.2) is 0 Å². The van der Waals surface area contributed by atoms with E-state index in [1.807, 2.05) is 0 Å². The van der Waals surface area contributed by atoms with Crippen LogP contribution in [0.2, 0.25) is 0 Å². The fourth-order valence-electron chi connectivity index (χ4n) is 2.13. The molecule has 2 saturated heterocycles. The predicted molar refractivity (Wildman–Crippen MR) is 54.6 cm³/mol. The van der Waals surface area contributed by atoms with Crippen molar-refractivity contribution >= 4 is 5.91 Å². The molecule has 0 aromatic carbocycles. The quantitative estimate of drug-likeness (QED) is 0.655. The molecule has 0 bridgehead atoms. The Hall–Kier alpha value is -0.650. The van der Waals surface area contributed by atoms with Gasteiger partial charge in [-0.25, -0.2) is 0 Å². The van der Waals surface area contributed by atoms with E-state index in [1.165, 1.54) is 0 Å². The number of hydrogen-bond donors (Lipinski definition) is 1. The molecule has 86 valence electrons. The predicted octanol–water partition coefficient (Wildman–Crippen LogP) is -0.778. The van der Waals surface area contributed by atoms with Gasteiger partial charge in [0, 0.05) is 32.8 Å². The smallest absolute Gasteiger partial charge is 0.250 e. The third kappa shape index (κ3) is 2.48. The van der Waals surface area contributed by atoms with E-state index < -0.39 is 0 Å².